The van der Waals surface area contributed by atoms with Crippen LogP contribution >= 0.6 is 0 Å². The van der Waals surface area contributed by atoms with Crippen molar-refractivity contribution in [2.45, 2.75) is 31.8 Å². The molecule has 0 spiro atoms. The summed E-state index contributed by atoms with van der Waals surface area (Å²) in [5.74, 6) is 2.24. The van der Waals surface area contributed by atoms with Crippen molar-refractivity contribution < 1.29 is 14.2 Å². The van der Waals surface area contributed by atoms with E-state index in [1.54, 1.807) is 14.2 Å². The molecule has 4 rings (SSSR count). The second kappa shape index (κ2) is 5.81. The van der Waals surface area contributed by atoms with Crippen LogP contribution in [0.25, 0.3) is 10.9 Å². The Balaban J connectivity index is 1.77. The summed E-state index contributed by atoms with van der Waals surface area (Å²) in [5.41, 5.74) is 1.82. The van der Waals surface area contributed by atoms with Crippen LogP contribution in [0.4, 0.5) is 0 Å². The third kappa shape index (κ3) is 2.47. The van der Waals surface area contributed by atoms with Gasteiger partial charge in [0, 0.05) is 31.0 Å². The SMILES string of the molecule is COc1ccc(OC)c2c(C)cc(O[C@@]34CCCN(CC3)C4)nc12. The predicted octanol–water partition coefficient (Wildman–Crippen LogP) is 3.18. The lowest BCUT2D eigenvalue weighted by atomic mass is 9.94. The molecule has 24 heavy (non-hydrogen) atoms. The van der Waals surface area contributed by atoms with Crippen molar-refractivity contribution in [3.8, 4) is 17.4 Å². The molecule has 2 aliphatic heterocycles. The summed E-state index contributed by atoms with van der Waals surface area (Å²) >= 11 is 0. The normalized spacial score (nSPS) is 25.7. The number of piperidine rings is 1. The van der Waals surface area contributed by atoms with E-state index in [1.807, 2.05) is 18.2 Å². The highest BCUT2D eigenvalue weighted by molar-refractivity contribution is 5.93. The molecule has 0 N–H and O–H groups in total. The van der Waals surface area contributed by atoms with Crippen LogP contribution in [0.5, 0.6) is 17.4 Å². The molecule has 0 radical (unpaired) electrons. The summed E-state index contributed by atoms with van der Waals surface area (Å²) in [6, 6.07) is 5.84. The summed E-state index contributed by atoms with van der Waals surface area (Å²) in [6.07, 6.45) is 3.39. The van der Waals surface area contributed by atoms with Crippen molar-refractivity contribution >= 4 is 10.9 Å². The molecule has 1 aromatic carbocycles. The number of aromatic nitrogens is 1. The second-order valence-corrected chi connectivity index (χ2v) is 6.89. The van der Waals surface area contributed by atoms with Gasteiger partial charge in [0.05, 0.1) is 14.2 Å². The van der Waals surface area contributed by atoms with E-state index in [-0.39, 0.29) is 5.60 Å². The van der Waals surface area contributed by atoms with Gasteiger partial charge in [-0.25, -0.2) is 4.98 Å². The van der Waals surface area contributed by atoms with E-state index in [0.29, 0.717) is 5.88 Å². The Morgan fingerprint density at radius 2 is 1.88 bits per heavy atom. The molecular weight excluding hydrogens is 304 g/mol. The van der Waals surface area contributed by atoms with Gasteiger partial charge in [-0.05, 0) is 44.0 Å². The molecule has 3 heterocycles. The molecule has 0 saturated carbocycles. The van der Waals surface area contributed by atoms with E-state index in [4.69, 9.17) is 19.2 Å². The molecule has 0 aliphatic carbocycles. The van der Waals surface area contributed by atoms with Gasteiger partial charge in [-0.3, -0.25) is 4.90 Å². The van der Waals surface area contributed by atoms with Gasteiger partial charge >= 0.3 is 0 Å². The topological polar surface area (TPSA) is 43.8 Å². The van der Waals surface area contributed by atoms with Crippen molar-refractivity contribution in [1.82, 2.24) is 9.88 Å². The lowest BCUT2D eigenvalue weighted by Gasteiger charge is -2.34. The van der Waals surface area contributed by atoms with E-state index in [2.05, 4.69) is 11.8 Å². The van der Waals surface area contributed by atoms with E-state index < -0.39 is 0 Å². The Labute approximate surface area is 142 Å². The first-order chi connectivity index (χ1) is 11.6. The van der Waals surface area contributed by atoms with Crippen molar-refractivity contribution in [3.63, 3.8) is 0 Å². The summed E-state index contributed by atoms with van der Waals surface area (Å²) in [7, 11) is 3.35. The average Bonchev–Trinajstić information content (AvgIpc) is 2.87. The number of methoxy groups -OCH3 is 2. The van der Waals surface area contributed by atoms with Crippen LogP contribution in [0.3, 0.4) is 0 Å². The molecule has 5 nitrogen and oxygen atoms in total. The zero-order chi connectivity index (χ0) is 16.7. The fraction of sp³-hybridized carbons (Fsp3) is 0.526. The van der Waals surface area contributed by atoms with E-state index in [1.165, 1.54) is 13.0 Å². The standard InChI is InChI=1S/C19H24N2O3/c1-13-11-16(24-19-7-4-9-21(12-19)10-8-19)20-18-15(23-3)6-5-14(22-2)17(13)18/h5-6,11H,4,7-10,12H2,1-3H3/t19-/m0/s1. The summed E-state index contributed by atoms with van der Waals surface area (Å²) < 4.78 is 17.5. The number of benzene rings is 1. The molecule has 2 aliphatic rings. The monoisotopic (exact) mass is 328 g/mol. The lowest BCUT2D eigenvalue weighted by molar-refractivity contribution is 0.0412. The maximum atomic E-state index is 6.45. The zero-order valence-corrected chi connectivity index (χ0v) is 14.6. The molecule has 2 atom stereocenters. The Morgan fingerprint density at radius 1 is 1.08 bits per heavy atom. The molecule has 5 heteroatoms. The van der Waals surface area contributed by atoms with Gasteiger partial charge in [0.1, 0.15) is 22.6 Å². The van der Waals surface area contributed by atoms with Crippen LogP contribution in [-0.4, -0.2) is 49.3 Å². The Hall–Kier alpha value is -2.01. The van der Waals surface area contributed by atoms with Gasteiger partial charge in [0.25, 0.3) is 0 Å². The van der Waals surface area contributed by atoms with Crippen LogP contribution < -0.4 is 14.2 Å². The molecule has 2 bridgehead atoms. The van der Waals surface area contributed by atoms with Crippen LogP contribution in [0, 0.1) is 6.92 Å². The molecule has 2 fully saturated rings. The molecule has 1 unspecified atom stereocenters. The van der Waals surface area contributed by atoms with E-state index in [9.17, 15) is 0 Å². The first-order valence-electron chi connectivity index (χ1n) is 8.58. The summed E-state index contributed by atoms with van der Waals surface area (Å²) in [6.45, 7) is 5.41. The van der Waals surface area contributed by atoms with E-state index >= 15 is 0 Å². The quantitative estimate of drug-likeness (QED) is 0.862. The Bertz CT molecular complexity index is 773. The van der Waals surface area contributed by atoms with Crippen molar-refractivity contribution in [1.29, 1.82) is 0 Å². The Morgan fingerprint density at radius 3 is 2.67 bits per heavy atom. The highest BCUT2D eigenvalue weighted by Gasteiger charge is 2.43. The van der Waals surface area contributed by atoms with Gasteiger partial charge in [-0.15, -0.1) is 0 Å². The maximum Gasteiger partial charge on any atom is 0.214 e. The van der Waals surface area contributed by atoms with Gasteiger partial charge in [-0.1, -0.05) is 0 Å². The minimum atomic E-state index is -0.0720. The predicted molar refractivity (Wildman–Crippen MR) is 93.2 cm³/mol. The molecule has 2 aromatic rings. The van der Waals surface area contributed by atoms with Gasteiger partial charge in [0.15, 0.2) is 0 Å². The fourth-order valence-electron chi connectivity index (χ4n) is 4.14. The van der Waals surface area contributed by atoms with Gasteiger partial charge < -0.3 is 14.2 Å². The molecule has 2 saturated heterocycles. The average molecular weight is 328 g/mol. The number of hydrogen-bond donors (Lipinski definition) is 0. The molecule has 128 valence electrons. The number of pyridine rings is 1. The number of nitrogens with zero attached hydrogens (tertiary/aromatic N) is 2. The minimum absolute atomic E-state index is 0.0720. The van der Waals surface area contributed by atoms with Gasteiger partial charge in [-0.2, -0.15) is 0 Å². The smallest absolute Gasteiger partial charge is 0.214 e. The molecule has 0 amide bonds. The van der Waals surface area contributed by atoms with E-state index in [0.717, 1.165) is 53.9 Å². The number of fused-ring (bicyclic) bond motifs is 3. The van der Waals surface area contributed by atoms with Crippen LogP contribution in [0.15, 0.2) is 18.2 Å². The summed E-state index contributed by atoms with van der Waals surface area (Å²) in [5, 5.41) is 0.985. The highest BCUT2D eigenvalue weighted by Crippen LogP contribution is 2.39. The highest BCUT2D eigenvalue weighted by atomic mass is 16.5. The number of hydrogen-bond acceptors (Lipinski definition) is 5. The van der Waals surface area contributed by atoms with Crippen LogP contribution in [0.1, 0.15) is 24.8 Å². The third-order valence-electron chi connectivity index (χ3n) is 5.32. The first kappa shape index (κ1) is 15.5. The number of rotatable bonds is 4. The van der Waals surface area contributed by atoms with Crippen molar-refractivity contribution in [2.75, 3.05) is 33.9 Å². The first-order valence-corrected chi connectivity index (χ1v) is 8.58. The maximum absolute atomic E-state index is 6.45. The number of aryl methyl sites for hydroxylation is 1. The third-order valence-corrected chi connectivity index (χ3v) is 5.32. The lowest BCUT2D eigenvalue weighted by Crippen LogP contribution is -2.43. The molecule has 1 aromatic heterocycles. The Kier molecular flexibility index (Phi) is 3.76. The fourth-order valence-corrected chi connectivity index (χ4v) is 4.14. The minimum Gasteiger partial charge on any atom is -0.496 e. The van der Waals surface area contributed by atoms with Crippen molar-refractivity contribution in [2.24, 2.45) is 0 Å². The zero-order valence-electron chi connectivity index (χ0n) is 14.6. The van der Waals surface area contributed by atoms with Crippen LogP contribution in [-0.2, 0) is 0 Å². The largest absolute Gasteiger partial charge is 0.496 e. The van der Waals surface area contributed by atoms with Gasteiger partial charge in [0.2, 0.25) is 5.88 Å². The summed E-state index contributed by atoms with van der Waals surface area (Å²) in [4.78, 5) is 7.26. The van der Waals surface area contributed by atoms with Crippen molar-refractivity contribution in [3.05, 3.63) is 23.8 Å². The van der Waals surface area contributed by atoms with Crippen LogP contribution in [0.2, 0.25) is 0 Å². The second-order valence-electron chi connectivity index (χ2n) is 6.89. The number of ether oxygens (including phenoxy) is 3. The molecular formula is C19H24N2O3.